The van der Waals surface area contributed by atoms with Gasteiger partial charge >= 0.3 is 5.97 Å². The molecular formula is C4H7N3O2. The molecule has 0 spiro atoms. The van der Waals surface area contributed by atoms with Gasteiger partial charge in [0.2, 0.25) is 0 Å². The second-order valence-corrected chi connectivity index (χ2v) is 1.15. The number of esters is 1. The molecule has 3 N–H and O–H groups in total. The van der Waals surface area contributed by atoms with Crippen LogP contribution in [0.15, 0.2) is 5.10 Å². The number of rotatable bonds is 2. The third-order valence-electron chi connectivity index (χ3n) is 0.670. The molecule has 0 aliphatic rings. The fourth-order valence-corrected chi connectivity index (χ4v) is 0.253. The number of methoxy groups -OCH3 is 1. The smallest absolute Gasteiger partial charge is 0.360 e. The minimum atomic E-state index is -0.701. The normalized spacial score (nSPS) is 10.6. The zero-order valence-corrected chi connectivity index (χ0v) is 4.92. The number of carbonyl (C=O) groups is 1. The molecule has 0 bridgehead atoms. The van der Waals surface area contributed by atoms with Crippen molar-refractivity contribution in [1.82, 2.24) is 0 Å². The second kappa shape index (κ2) is 3.59. The molecule has 0 amide bonds. The van der Waals surface area contributed by atoms with Crippen LogP contribution in [0.25, 0.3) is 0 Å². The van der Waals surface area contributed by atoms with Gasteiger partial charge in [0.25, 0.3) is 0 Å². The summed E-state index contributed by atoms with van der Waals surface area (Å²) in [6, 6.07) is 0. The highest BCUT2D eigenvalue weighted by atomic mass is 16.5. The number of ether oxygens (including phenoxy) is 1. The number of carbonyl (C=O) groups excluding carboxylic acids is 1. The maximum absolute atomic E-state index is 10.4. The van der Waals surface area contributed by atoms with Gasteiger partial charge in [-0.25, -0.2) is 4.79 Å². The highest BCUT2D eigenvalue weighted by Crippen LogP contribution is 1.74. The summed E-state index contributed by atoms with van der Waals surface area (Å²) in [4.78, 5) is 10.4. The van der Waals surface area contributed by atoms with Crippen LogP contribution < -0.4 is 5.84 Å². The molecule has 0 saturated carbocycles. The molecule has 0 unspecified atom stereocenters. The van der Waals surface area contributed by atoms with E-state index >= 15 is 0 Å². The third-order valence-corrected chi connectivity index (χ3v) is 0.670. The van der Waals surface area contributed by atoms with Crippen molar-refractivity contribution < 1.29 is 9.53 Å². The van der Waals surface area contributed by atoms with E-state index in [0.717, 1.165) is 6.21 Å². The molecule has 0 saturated heterocycles. The van der Waals surface area contributed by atoms with Gasteiger partial charge in [-0.2, -0.15) is 5.10 Å². The monoisotopic (exact) mass is 129 g/mol. The van der Waals surface area contributed by atoms with E-state index in [1.54, 1.807) is 0 Å². The second-order valence-electron chi connectivity index (χ2n) is 1.15. The quantitative estimate of drug-likeness (QED) is 0.220. The molecule has 5 heteroatoms. The lowest BCUT2D eigenvalue weighted by Gasteiger charge is -1.92. The van der Waals surface area contributed by atoms with Crippen molar-refractivity contribution >= 4 is 17.9 Å². The Morgan fingerprint density at radius 1 is 1.89 bits per heavy atom. The summed E-state index contributed by atoms with van der Waals surface area (Å²) < 4.78 is 4.19. The van der Waals surface area contributed by atoms with E-state index in [0.29, 0.717) is 0 Å². The summed E-state index contributed by atoms with van der Waals surface area (Å²) >= 11 is 0. The molecule has 0 aliphatic heterocycles. The Bertz CT molecular complexity index is 152. The number of nitrogens with one attached hydrogen (secondary N) is 1. The topological polar surface area (TPSA) is 88.5 Å². The Kier molecular flexibility index (Phi) is 3.04. The van der Waals surface area contributed by atoms with Gasteiger partial charge in [-0.1, -0.05) is 0 Å². The van der Waals surface area contributed by atoms with Crippen LogP contribution in [0.3, 0.4) is 0 Å². The zero-order chi connectivity index (χ0) is 7.28. The van der Waals surface area contributed by atoms with Crippen LogP contribution in [-0.4, -0.2) is 25.0 Å². The SMILES string of the molecule is COC(=O)/C(C=N)=N/N. The van der Waals surface area contributed by atoms with Crippen molar-refractivity contribution in [2.24, 2.45) is 10.9 Å². The van der Waals surface area contributed by atoms with E-state index in [4.69, 9.17) is 11.3 Å². The standard InChI is InChI=1S/C4H7N3O2/c1-9-4(8)3(2-5)7-6/h2,5H,6H2,1H3/b5-2?,7-3+. The number of hydrazone groups is 1. The van der Waals surface area contributed by atoms with Crippen LogP contribution >= 0.6 is 0 Å². The van der Waals surface area contributed by atoms with E-state index in [-0.39, 0.29) is 5.71 Å². The van der Waals surface area contributed by atoms with Crippen molar-refractivity contribution in [1.29, 1.82) is 5.41 Å². The lowest BCUT2D eigenvalue weighted by molar-refractivity contribution is -0.132. The van der Waals surface area contributed by atoms with E-state index in [1.165, 1.54) is 7.11 Å². The molecule has 0 radical (unpaired) electrons. The minimum absolute atomic E-state index is 0.197. The number of hydrogen-bond acceptors (Lipinski definition) is 5. The number of nitrogens with two attached hydrogens (primary N) is 1. The third kappa shape index (κ3) is 1.89. The molecule has 0 atom stereocenters. The van der Waals surface area contributed by atoms with Crippen molar-refractivity contribution in [2.45, 2.75) is 0 Å². The van der Waals surface area contributed by atoms with Gasteiger partial charge in [0, 0.05) is 0 Å². The first-order chi connectivity index (χ1) is 4.26. The molecule has 0 aliphatic carbocycles. The number of hydrogen-bond donors (Lipinski definition) is 2. The molecule has 0 aromatic rings. The lowest BCUT2D eigenvalue weighted by atomic mass is 10.4. The fourth-order valence-electron chi connectivity index (χ4n) is 0.253. The molecule has 50 valence electrons. The zero-order valence-electron chi connectivity index (χ0n) is 4.92. The highest BCUT2D eigenvalue weighted by Gasteiger charge is 2.05. The van der Waals surface area contributed by atoms with Crippen LogP contribution in [0.4, 0.5) is 0 Å². The van der Waals surface area contributed by atoms with Gasteiger partial charge in [0.1, 0.15) is 0 Å². The van der Waals surface area contributed by atoms with Crippen molar-refractivity contribution in [2.75, 3.05) is 7.11 Å². The largest absolute Gasteiger partial charge is 0.464 e. The summed E-state index contributed by atoms with van der Waals surface area (Å²) in [6.45, 7) is 0. The fraction of sp³-hybridized carbons (Fsp3) is 0.250. The van der Waals surface area contributed by atoms with Crippen LogP contribution in [0.5, 0.6) is 0 Å². The first-order valence-corrected chi connectivity index (χ1v) is 2.13. The van der Waals surface area contributed by atoms with Gasteiger partial charge in [0.05, 0.1) is 13.3 Å². The number of nitrogens with zero attached hydrogens (tertiary/aromatic N) is 1. The summed E-state index contributed by atoms with van der Waals surface area (Å²) in [6.07, 6.45) is 0.728. The van der Waals surface area contributed by atoms with Crippen molar-refractivity contribution in [3.63, 3.8) is 0 Å². The lowest BCUT2D eigenvalue weighted by Crippen LogP contribution is -2.18. The average Bonchev–Trinajstić information content (AvgIpc) is 1.90. The van der Waals surface area contributed by atoms with Crippen LogP contribution in [0.1, 0.15) is 0 Å². The first kappa shape index (κ1) is 7.61. The Hall–Kier alpha value is -1.39. The highest BCUT2D eigenvalue weighted by molar-refractivity contribution is 6.58. The summed E-state index contributed by atoms with van der Waals surface area (Å²) in [5, 5.41) is 9.53. The van der Waals surface area contributed by atoms with Gasteiger partial charge in [0.15, 0.2) is 5.71 Å². The van der Waals surface area contributed by atoms with Crippen molar-refractivity contribution in [3.05, 3.63) is 0 Å². The molecule has 0 fully saturated rings. The van der Waals surface area contributed by atoms with Crippen LogP contribution in [-0.2, 0) is 9.53 Å². The van der Waals surface area contributed by atoms with Gasteiger partial charge < -0.3 is 16.0 Å². The van der Waals surface area contributed by atoms with Gasteiger partial charge in [-0.05, 0) is 0 Å². The van der Waals surface area contributed by atoms with Crippen molar-refractivity contribution in [3.8, 4) is 0 Å². The predicted molar refractivity (Wildman–Crippen MR) is 32.4 cm³/mol. The molecule has 9 heavy (non-hydrogen) atoms. The Morgan fingerprint density at radius 3 is 2.56 bits per heavy atom. The van der Waals surface area contributed by atoms with Gasteiger partial charge in [-0.3, -0.25) is 0 Å². The van der Waals surface area contributed by atoms with E-state index in [1.807, 2.05) is 0 Å². The Morgan fingerprint density at radius 2 is 2.44 bits per heavy atom. The summed E-state index contributed by atoms with van der Waals surface area (Å²) in [7, 11) is 1.19. The minimum Gasteiger partial charge on any atom is -0.464 e. The molecule has 0 heterocycles. The summed E-state index contributed by atoms with van der Waals surface area (Å²) in [5.74, 6) is 3.99. The molecule has 5 nitrogen and oxygen atoms in total. The first-order valence-electron chi connectivity index (χ1n) is 2.13. The molecule has 0 aromatic carbocycles. The molecule has 0 rings (SSSR count). The van der Waals surface area contributed by atoms with Crippen LogP contribution in [0.2, 0.25) is 0 Å². The Labute approximate surface area is 52.0 Å². The van der Waals surface area contributed by atoms with E-state index in [9.17, 15) is 4.79 Å². The van der Waals surface area contributed by atoms with Crippen LogP contribution in [0, 0.1) is 5.41 Å². The predicted octanol–water partition coefficient (Wildman–Crippen LogP) is -0.876. The Balaban J connectivity index is 4.14. The molecule has 0 aromatic heterocycles. The summed E-state index contributed by atoms with van der Waals surface area (Å²) in [5.41, 5.74) is -0.197. The van der Waals surface area contributed by atoms with E-state index in [2.05, 4.69) is 9.84 Å². The molecular weight excluding hydrogens is 122 g/mol. The average molecular weight is 129 g/mol. The maximum Gasteiger partial charge on any atom is 0.360 e. The maximum atomic E-state index is 10.4. The van der Waals surface area contributed by atoms with Gasteiger partial charge in [-0.15, -0.1) is 0 Å². The van der Waals surface area contributed by atoms with E-state index < -0.39 is 5.97 Å².